The highest BCUT2D eigenvalue weighted by molar-refractivity contribution is 7.91. The SMILES string of the molecule is CCC(C)C1CN(CCS(=O)(=O)CC)C(C2CC2)CN1. The standard InChI is InChI=1S/C15H30N2O2S/c1-4-12(3)14-11-17(8-9-20(18,19)5-2)15(10-16-14)13-6-7-13/h12-16H,4-11H2,1-3H3. The number of nitrogens with one attached hydrogen (secondary N) is 1. The quantitative estimate of drug-likeness (QED) is 0.775. The monoisotopic (exact) mass is 302 g/mol. The van der Waals surface area contributed by atoms with Gasteiger partial charge in [-0.1, -0.05) is 27.2 Å². The lowest BCUT2D eigenvalue weighted by Crippen LogP contribution is -2.59. The van der Waals surface area contributed by atoms with Gasteiger partial charge in [0.25, 0.3) is 0 Å². The summed E-state index contributed by atoms with van der Waals surface area (Å²) in [5.41, 5.74) is 0. The molecule has 1 aliphatic heterocycles. The highest BCUT2D eigenvalue weighted by Crippen LogP contribution is 2.36. The number of sulfone groups is 1. The third-order valence-corrected chi connectivity index (χ3v) is 6.80. The van der Waals surface area contributed by atoms with Crippen LogP contribution in [-0.2, 0) is 9.84 Å². The van der Waals surface area contributed by atoms with Gasteiger partial charge >= 0.3 is 0 Å². The second kappa shape index (κ2) is 6.75. The number of rotatable bonds is 7. The normalized spacial score (nSPS) is 30.4. The number of hydrogen-bond acceptors (Lipinski definition) is 4. The summed E-state index contributed by atoms with van der Waals surface area (Å²) in [5.74, 6) is 2.03. The lowest BCUT2D eigenvalue weighted by molar-refractivity contribution is 0.102. The van der Waals surface area contributed by atoms with Crippen LogP contribution < -0.4 is 5.32 Å². The lowest BCUT2D eigenvalue weighted by atomic mass is 9.94. The maximum absolute atomic E-state index is 11.8. The van der Waals surface area contributed by atoms with Crippen LogP contribution in [0.2, 0.25) is 0 Å². The van der Waals surface area contributed by atoms with Crippen LogP contribution in [0.15, 0.2) is 0 Å². The van der Waals surface area contributed by atoms with E-state index in [1.165, 1.54) is 19.3 Å². The lowest BCUT2D eigenvalue weighted by Gasteiger charge is -2.42. The van der Waals surface area contributed by atoms with E-state index in [1.54, 1.807) is 6.92 Å². The molecule has 0 radical (unpaired) electrons. The third kappa shape index (κ3) is 4.18. The zero-order valence-electron chi connectivity index (χ0n) is 13.1. The Kier molecular flexibility index (Phi) is 5.49. The molecule has 4 nitrogen and oxygen atoms in total. The van der Waals surface area contributed by atoms with Gasteiger partial charge in [-0.05, 0) is 24.7 Å². The van der Waals surface area contributed by atoms with Gasteiger partial charge in [-0.15, -0.1) is 0 Å². The molecule has 2 fully saturated rings. The second-order valence-corrected chi connectivity index (χ2v) is 9.01. The zero-order chi connectivity index (χ0) is 14.8. The molecule has 2 rings (SSSR count). The molecule has 0 amide bonds. The first-order valence-electron chi connectivity index (χ1n) is 8.14. The van der Waals surface area contributed by atoms with E-state index in [2.05, 4.69) is 24.1 Å². The van der Waals surface area contributed by atoms with Crippen molar-refractivity contribution in [3.63, 3.8) is 0 Å². The Bertz CT molecular complexity index is 406. The van der Waals surface area contributed by atoms with Crippen molar-refractivity contribution in [2.24, 2.45) is 11.8 Å². The number of piperazine rings is 1. The van der Waals surface area contributed by atoms with Crippen molar-refractivity contribution < 1.29 is 8.42 Å². The van der Waals surface area contributed by atoms with E-state index in [4.69, 9.17) is 0 Å². The van der Waals surface area contributed by atoms with Crippen LogP contribution in [0.4, 0.5) is 0 Å². The zero-order valence-corrected chi connectivity index (χ0v) is 14.0. The van der Waals surface area contributed by atoms with Crippen molar-refractivity contribution in [1.29, 1.82) is 0 Å². The molecule has 1 saturated carbocycles. The fourth-order valence-electron chi connectivity index (χ4n) is 3.12. The predicted octanol–water partition coefficient (Wildman–Crippen LogP) is 1.52. The molecule has 0 aromatic rings. The first-order valence-corrected chi connectivity index (χ1v) is 9.96. The molecule has 1 heterocycles. The molecular formula is C15H30N2O2S. The van der Waals surface area contributed by atoms with Crippen molar-refractivity contribution in [2.45, 2.75) is 52.1 Å². The Morgan fingerprint density at radius 2 is 2.00 bits per heavy atom. The number of hydrogen-bond donors (Lipinski definition) is 1. The summed E-state index contributed by atoms with van der Waals surface area (Å²) in [7, 11) is -2.85. The average Bonchev–Trinajstić information content (AvgIpc) is 3.28. The van der Waals surface area contributed by atoms with Gasteiger partial charge in [-0.3, -0.25) is 4.90 Å². The first-order chi connectivity index (χ1) is 9.46. The van der Waals surface area contributed by atoms with Gasteiger partial charge in [0, 0.05) is 37.5 Å². The highest BCUT2D eigenvalue weighted by atomic mass is 32.2. The Labute approximate surface area is 124 Å². The maximum Gasteiger partial charge on any atom is 0.151 e. The van der Waals surface area contributed by atoms with Gasteiger partial charge in [0.2, 0.25) is 0 Å². The van der Waals surface area contributed by atoms with Crippen LogP contribution in [0.25, 0.3) is 0 Å². The van der Waals surface area contributed by atoms with Gasteiger partial charge in [0.1, 0.15) is 0 Å². The van der Waals surface area contributed by atoms with Gasteiger partial charge in [-0.25, -0.2) is 8.42 Å². The summed E-state index contributed by atoms with van der Waals surface area (Å²) in [6.07, 6.45) is 3.81. The maximum atomic E-state index is 11.8. The summed E-state index contributed by atoms with van der Waals surface area (Å²) < 4.78 is 23.5. The van der Waals surface area contributed by atoms with E-state index in [-0.39, 0.29) is 5.75 Å². The molecule has 2 aliphatic rings. The molecule has 0 bridgehead atoms. The smallest absolute Gasteiger partial charge is 0.151 e. The molecule has 1 saturated heterocycles. The molecule has 3 atom stereocenters. The van der Waals surface area contributed by atoms with Crippen molar-refractivity contribution in [3.8, 4) is 0 Å². The van der Waals surface area contributed by atoms with E-state index < -0.39 is 9.84 Å². The highest BCUT2D eigenvalue weighted by Gasteiger charge is 2.39. The molecule has 0 aromatic heterocycles. The van der Waals surface area contributed by atoms with Crippen molar-refractivity contribution in [2.75, 3.05) is 31.1 Å². The average molecular weight is 302 g/mol. The van der Waals surface area contributed by atoms with Gasteiger partial charge < -0.3 is 5.32 Å². The van der Waals surface area contributed by atoms with E-state index in [9.17, 15) is 8.42 Å². The first kappa shape index (κ1) is 16.2. The van der Waals surface area contributed by atoms with Crippen molar-refractivity contribution in [3.05, 3.63) is 0 Å². The van der Waals surface area contributed by atoms with Crippen LogP contribution in [0, 0.1) is 11.8 Å². The molecule has 1 aliphatic carbocycles. The Balaban J connectivity index is 1.96. The summed E-state index contributed by atoms with van der Waals surface area (Å²) in [5, 5.41) is 3.69. The minimum absolute atomic E-state index is 0.266. The second-order valence-electron chi connectivity index (χ2n) is 6.54. The minimum Gasteiger partial charge on any atom is -0.311 e. The predicted molar refractivity (Wildman–Crippen MR) is 83.7 cm³/mol. The van der Waals surface area contributed by atoms with Crippen molar-refractivity contribution >= 4 is 9.84 Å². The molecule has 20 heavy (non-hydrogen) atoms. The number of nitrogens with zero attached hydrogens (tertiary/aromatic N) is 1. The van der Waals surface area contributed by atoms with E-state index in [1.807, 2.05) is 0 Å². The molecule has 118 valence electrons. The van der Waals surface area contributed by atoms with Crippen molar-refractivity contribution in [1.82, 2.24) is 10.2 Å². The molecule has 5 heteroatoms. The fraction of sp³-hybridized carbons (Fsp3) is 1.00. The van der Waals surface area contributed by atoms with Gasteiger partial charge in [0.05, 0.1) is 5.75 Å². The van der Waals surface area contributed by atoms with Gasteiger partial charge in [-0.2, -0.15) is 0 Å². The minimum atomic E-state index is -2.85. The summed E-state index contributed by atoms with van der Waals surface area (Å²) in [6, 6.07) is 1.07. The molecular weight excluding hydrogens is 272 g/mol. The van der Waals surface area contributed by atoms with Crippen LogP contribution in [0.3, 0.4) is 0 Å². The Hall–Kier alpha value is -0.130. The summed E-state index contributed by atoms with van der Waals surface area (Å²) in [4.78, 5) is 2.46. The fourth-order valence-corrected chi connectivity index (χ4v) is 3.92. The molecule has 1 N–H and O–H groups in total. The van der Waals surface area contributed by atoms with Gasteiger partial charge in [0.15, 0.2) is 9.84 Å². The van der Waals surface area contributed by atoms with Crippen LogP contribution in [-0.4, -0.2) is 56.5 Å². The molecule has 0 aromatic carbocycles. The third-order valence-electron chi connectivity index (χ3n) is 5.12. The topological polar surface area (TPSA) is 49.4 Å². The molecule has 0 spiro atoms. The van der Waals surface area contributed by atoms with E-state index in [0.717, 1.165) is 19.0 Å². The van der Waals surface area contributed by atoms with E-state index in [0.29, 0.717) is 30.3 Å². The van der Waals surface area contributed by atoms with Crippen LogP contribution >= 0.6 is 0 Å². The van der Waals surface area contributed by atoms with Crippen LogP contribution in [0.1, 0.15) is 40.0 Å². The Morgan fingerprint density at radius 3 is 2.55 bits per heavy atom. The summed E-state index contributed by atoms with van der Waals surface area (Å²) in [6.45, 7) is 9.02. The molecule has 3 unspecified atom stereocenters. The summed E-state index contributed by atoms with van der Waals surface area (Å²) >= 11 is 0. The van der Waals surface area contributed by atoms with Crippen LogP contribution in [0.5, 0.6) is 0 Å². The largest absolute Gasteiger partial charge is 0.311 e. The Morgan fingerprint density at radius 1 is 1.30 bits per heavy atom. The van der Waals surface area contributed by atoms with E-state index >= 15 is 0 Å².